The molecule has 1 saturated carbocycles. The number of ether oxygens (including phenoxy) is 1. The topological polar surface area (TPSA) is 91.2 Å². The van der Waals surface area contributed by atoms with E-state index < -0.39 is 16.0 Å². The number of hydrogen-bond acceptors (Lipinski definition) is 6. The van der Waals surface area contributed by atoms with Gasteiger partial charge < -0.3 is 9.30 Å². The summed E-state index contributed by atoms with van der Waals surface area (Å²) in [5.74, 6) is 1.23. The minimum absolute atomic E-state index is 0.188. The molecule has 1 aliphatic carbocycles. The summed E-state index contributed by atoms with van der Waals surface area (Å²) in [6, 6.07) is 5.40. The van der Waals surface area contributed by atoms with E-state index in [9.17, 15) is 13.2 Å². The molecular formula is C20H21N3O4S. The van der Waals surface area contributed by atoms with Gasteiger partial charge in [-0.2, -0.15) is 0 Å². The summed E-state index contributed by atoms with van der Waals surface area (Å²) in [6.07, 6.45) is 6.94. The van der Waals surface area contributed by atoms with Crippen LogP contribution < -0.4 is 10.3 Å². The third-order valence-corrected chi connectivity index (χ3v) is 6.04. The first-order valence-corrected chi connectivity index (χ1v) is 10.4. The lowest BCUT2D eigenvalue weighted by Gasteiger charge is -2.16. The lowest BCUT2D eigenvalue weighted by atomic mass is 10.00. The minimum Gasteiger partial charge on any atom is -0.493 e. The summed E-state index contributed by atoms with van der Waals surface area (Å²) in [5, 5.41) is -0.219. The molecule has 0 N–H and O–H groups in total. The molecule has 1 atom stereocenters. The van der Waals surface area contributed by atoms with Crippen LogP contribution in [0.3, 0.4) is 0 Å². The Morgan fingerprint density at radius 2 is 2.07 bits per heavy atom. The average Bonchev–Trinajstić information content (AvgIpc) is 3.53. The summed E-state index contributed by atoms with van der Waals surface area (Å²) in [6.45, 7) is 2.27. The number of benzene rings is 1. The second-order valence-electron chi connectivity index (χ2n) is 7.22. The fourth-order valence-electron chi connectivity index (χ4n) is 3.16. The zero-order valence-electron chi connectivity index (χ0n) is 15.7. The predicted octanol–water partition coefficient (Wildman–Crippen LogP) is 2.46. The Bertz CT molecular complexity index is 1170. The monoisotopic (exact) mass is 399 g/mol. The van der Waals surface area contributed by atoms with Crippen LogP contribution >= 0.6 is 0 Å². The van der Waals surface area contributed by atoms with Gasteiger partial charge >= 0.3 is 0 Å². The first kappa shape index (κ1) is 18.6. The summed E-state index contributed by atoms with van der Waals surface area (Å²) in [5.41, 5.74) is 2.43. The van der Waals surface area contributed by atoms with E-state index in [0.717, 1.165) is 18.4 Å². The molecular weight excluding hydrogens is 378 g/mol. The number of thiol groups is 1. The van der Waals surface area contributed by atoms with Gasteiger partial charge in [-0.05, 0) is 43.4 Å². The Morgan fingerprint density at radius 3 is 2.79 bits per heavy atom. The molecule has 0 bridgehead atoms. The second kappa shape index (κ2) is 7.35. The zero-order chi connectivity index (χ0) is 19.8. The molecule has 1 aromatic carbocycles. The maximum Gasteiger partial charge on any atom is 0.261 e. The predicted molar refractivity (Wildman–Crippen MR) is 107 cm³/mol. The quantitative estimate of drug-likeness (QED) is 0.640. The van der Waals surface area contributed by atoms with E-state index >= 15 is 0 Å². The minimum atomic E-state index is -2.60. The SMILES string of the molecule is CC(c1ccc(OCC2CC2)c(-c2cn(C)c(=O)c3cncnc23)c1)[SH](=O)=O. The highest BCUT2D eigenvalue weighted by Gasteiger charge is 2.23. The van der Waals surface area contributed by atoms with Crippen LogP contribution in [0.4, 0.5) is 0 Å². The molecule has 3 aromatic rings. The van der Waals surface area contributed by atoms with E-state index in [0.29, 0.717) is 40.3 Å². The highest BCUT2D eigenvalue weighted by molar-refractivity contribution is 7.72. The molecule has 2 aromatic heterocycles. The van der Waals surface area contributed by atoms with Crippen molar-refractivity contribution in [2.45, 2.75) is 25.0 Å². The number of hydrogen-bond donors (Lipinski definition) is 1. The van der Waals surface area contributed by atoms with Gasteiger partial charge in [0.25, 0.3) is 5.56 Å². The third-order valence-electron chi connectivity index (χ3n) is 5.10. The Labute approximate surface area is 164 Å². The van der Waals surface area contributed by atoms with Gasteiger partial charge in [0, 0.05) is 30.6 Å². The van der Waals surface area contributed by atoms with E-state index in [1.165, 1.54) is 17.1 Å². The molecule has 0 amide bonds. The van der Waals surface area contributed by atoms with Crippen molar-refractivity contribution in [1.82, 2.24) is 14.5 Å². The molecule has 0 aliphatic heterocycles. The van der Waals surface area contributed by atoms with Gasteiger partial charge in [-0.3, -0.25) is 4.79 Å². The van der Waals surface area contributed by atoms with Gasteiger partial charge in [0.2, 0.25) is 0 Å². The first-order chi connectivity index (χ1) is 13.5. The Morgan fingerprint density at radius 1 is 1.29 bits per heavy atom. The maximum atomic E-state index is 12.5. The van der Waals surface area contributed by atoms with E-state index in [1.54, 1.807) is 32.3 Å². The van der Waals surface area contributed by atoms with Crippen LogP contribution in [0.5, 0.6) is 5.75 Å². The highest BCUT2D eigenvalue weighted by atomic mass is 32.2. The zero-order valence-corrected chi connectivity index (χ0v) is 16.6. The number of aryl methyl sites for hydroxylation is 1. The standard InChI is InChI=1S/C20H21N3O4S/c1-12(28(25)26)14-5-6-18(27-10-13-3-4-13)15(7-14)17-9-23(2)20(24)16-8-21-11-22-19(16)17/h5-9,11-13,28H,3-4,10H2,1-2H3. The van der Waals surface area contributed by atoms with Gasteiger partial charge in [0.15, 0.2) is 0 Å². The number of aromatic nitrogens is 3. The summed E-state index contributed by atoms with van der Waals surface area (Å²) in [7, 11) is -0.934. The van der Waals surface area contributed by atoms with Crippen LogP contribution in [0.15, 0.2) is 41.7 Å². The molecule has 0 saturated heterocycles. The van der Waals surface area contributed by atoms with Crippen LogP contribution in [-0.4, -0.2) is 29.6 Å². The van der Waals surface area contributed by atoms with Crippen molar-refractivity contribution in [2.75, 3.05) is 6.61 Å². The van der Waals surface area contributed by atoms with Gasteiger partial charge in [-0.1, -0.05) is 6.07 Å². The molecule has 146 valence electrons. The van der Waals surface area contributed by atoms with Gasteiger partial charge in [-0.25, -0.2) is 18.4 Å². The Kier molecular flexibility index (Phi) is 4.89. The van der Waals surface area contributed by atoms with Gasteiger partial charge in [-0.15, -0.1) is 0 Å². The molecule has 2 heterocycles. The molecule has 28 heavy (non-hydrogen) atoms. The molecule has 1 aliphatic rings. The molecule has 7 nitrogen and oxygen atoms in total. The van der Waals surface area contributed by atoms with E-state index in [1.807, 2.05) is 6.07 Å². The van der Waals surface area contributed by atoms with Crippen molar-refractivity contribution in [2.24, 2.45) is 13.0 Å². The lowest BCUT2D eigenvalue weighted by Crippen LogP contribution is -2.17. The first-order valence-electron chi connectivity index (χ1n) is 9.15. The van der Waals surface area contributed by atoms with Crippen molar-refractivity contribution < 1.29 is 13.2 Å². The Hall–Kier alpha value is -2.74. The third kappa shape index (κ3) is 3.52. The van der Waals surface area contributed by atoms with Crippen LogP contribution in [0.2, 0.25) is 0 Å². The van der Waals surface area contributed by atoms with Crippen LogP contribution in [-0.2, 0) is 17.8 Å². The van der Waals surface area contributed by atoms with E-state index in [4.69, 9.17) is 4.74 Å². The average molecular weight is 399 g/mol. The lowest BCUT2D eigenvalue weighted by molar-refractivity contribution is 0.301. The van der Waals surface area contributed by atoms with Crippen molar-refractivity contribution >= 4 is 21.6 Å². The molecule has 8 heteroatoms. The summed E-state index contributed by atoms with van der Waals surface area (Å²) >= 11 is 0. The van der Waals surface area contributed by atoms with Crippen molar-refractivity contribution in [3.8, 4) is 16.9 Å². The van der Waals surface area contributed by atoms with Crippen LogP contribution in [0.1, 0.15) is 30.6 Å². The molecule has 4 rings (SSSR count). The molecule has 0 spiro atoms. The number of nitrogens with zero attached hydrogens (tertiary/aromatic N) is 3. The number of rotatable bonds is 6. The summed E-state index contributed by atoms with van der Waals surface area (Å²) in [4.78, 5) is 20.7. The van der Waals surface area contributed by atoms with Gasteiger partial charge in [0.1, 0.15) is 22.8 Å². The van der Waals surface area contributed by atoms with Crippen molar-refractivity contribution in [3.05, 3.63) is 52.8 Å². The molecule has 0 radical (unpaired) electrons. The number of fused-ring (bicyclic) bond motifs is 1. The van der Waals surface area contributed by atoms with Gasteiger partial charge in [0.05, 0.1) is 22.8 Å². The van der Waals surface area contributed by atoms with Crippen molar-refractivity contribution in [1.29, 1.82) is 0 Å². The fourth-order valence-corrected chi connectivity index (χ4v) is 3.56. The fraction of sp³-hybridized carbons (Fsp3) is 0.350. The number of pyridine rings is 1. The van der Waals surface area contributed by atoms with Crippen LogP contribution in [0.25, 0.3) is 22.0 Å². The van der Waals surface area contributed by atoms with E-state index in [2.05, 4.69) is 9.97 Å². The largest absolute Gasteiger partial charge is 0.493 e. The molecule has 1 unspecified atom stereocenters. The Balaban J connectivity index is 1.93. The smallest absolute Gasteiger partial charge is 0.261 e. The molecule has 1 fully saturated rings. The second-order valence-corrected chi connectivity index (χ2v) is 8.56. The highest BCUT2D eigenvalue weighted by Crippen LogP contribution is 2.37. The summed E-state index contributed by atoms with van der Waals surface area (Å²) < 4.78 is 30.5. The van der Waals surface area contributed by atoms with Crippen molar-refractivity contribution in [3.63, 3.8) is 0 Å². The normalized spacial score (nSPS) is 15.1. The van der Waals surface area contributed by atoms with Crippen LogP contribution in [0, 0.1) is 5.92 Å². The van der Waals surface area contributed by atoms with E-state index in [-0.39, 0.29) is 5.56 Å². The maximum absolute atomic E-state index is 12.5.